The van der Waals surface area contributed by atoms with Crippen LogP contribution in [0.3, 0.4) is 0 Å². The number of nitrogens with zero attached hydrogens (tertiary/aromatic N) is 4. The summed E-state index contributed by atoms with van der Waals surface area (Å²) in [5.74, 6) is 1.89. The third-order valence-electron chi connectivity index (χ3n) is 4.15. The van der Waals surface area contributed by atoms with Crippen molar-refractivity contribution in [3.63, 3.8) is 0 Å². The van der Waals surface area contributed by atoms with Crippen LogP contribution in [0.2, 0.25) is 0 Å². The molecular weight excluding hydrogens is 236 g/mol. The second kappa shape index (κ2) is 6.15. The molecule has 1 saturated heterocycles. The first kappa shape index (κ1) is 12.6. The van der Waals surface area contributed by atoms with Crippen molar-refractivity contribution in [3.8, 4) is 0 Å². The molecule has 4 nitrogen and oxygen atoms in total. The summed E-state index contributed by atoms with van der Waals surface area (Å²) in [4.78, 5) is 4.95. The summed E-state index contributed by atoms with van der Waals surface area (Å²) < 4.78 is 0. The number of anilines is 1. The van der Waals surface area contributed by atoms with Gasteiger partial charge in [0.2, 0.25) is 0 Å². The zero-order chi connectivity index (χ0) is 12.9. The van der Waals surface area contributed by atoms with Gasteiger partial charge in [-0.25, -0.2) is 0 Å². The predicted molar refractivity (Wildman–Crippen MR) is 77.2 cm³/mol. The lowest BCUT2D eigenvalue weighted by Crippen LogP contribution is -2.48. The van der Waals surface area contributed by atoms with Crippen LogP contribution in [0.4, 0.5) is 5.82 Å². The molecular formula is C15H22N4. The van der Waals surface area contributed by atoms with Crippen molar-refractivity contribution in [2.24, 2.45) is 5.92 Å². The molecule has 19 heavy (non-hydrogen) atoms. The van der Waals surface area contributed by atoms with Gasteiger partial charge in [-0.2, -0.15) is 5.10 Å². The van der Waals surface area contributed by atoms with Gasteiger partial charge in [0.05, 0.1) is 0 Å². The Bertz CT molecular complexity index is 409. The van der Waals surface area contributed by atoms with Crippen molar-refractivity contribution in [2.45, 2.75) is 19.3 Å². The maximum absolute atomic E-state index is 4.19. The maximum atomic E-state index is 4.19. The van der Waals surface area contributed by atoms with E-state index in [9.17, 15) is 0 Å². The van der Waals surface area contributed by atoms with Gasteiger partial charge in [0.25, 0.3) is 0 Å². The van der Waals surface area contributed by atoms with Gasteiger partial charge < -0.3 is 4.90 Å². The first-order valence-electron chi connectivity index (χ1n) is 7.32. The Kier molecular flexibility index (Phi) is 4.08. The van der Waals surface area contributed by atoms with Gasteiger partial charge in [0.15, 0.2) is 5.82 Å². The van der Waals surface area contributed by atoms with E-state index in [-0.39, 0.29) is 0 Å². The fraction of sp³-hybridized carbons (Fsp3) is 0.600. The van der Waals surface area contributed by atoms with Crippen molar-refractivity contribution in [2.75, 3.05) is 37.6 Å². The van der Waals surface area contributed by atoms with Crippen LogP contribution in [0, 0.1) is 5.92 Å². The largest absolute Gasteiger partial charge is 0.353 e. The van der Waals surface area contributed by atoms with Crippen LogP contribution in [0.25, 0.3) is 0 Å². The summed E-state index contributed by atoms with van der Waals surface area (Å²) in [5.41, 5.74) is 0. The average molecular weight is 258 g/mol. The van der Waals surface area contributed by atoms with E-state index in [1.807, 2.05) is 6.07 Å². The molecule has 102 valence electrons. The molecule has 1 aromatic rings. The van der Waals surface area contributed by atoms with Crippen molar-refractivity contribution >= 4 is 5.82 Å². The fourth-order valence-corrected chi connectivity index (χ4v) is 3.01. The van der Waals surface area contributed by atoms with E-state index in [1.54, 1.807) is 6.20 Å². The van der Waals surface area contributed by atoms with Crippen molar-refractivity contribution in [3.05, 3.63) is 30.5 Å². The summed E-state index contributed by atoms with van der Waals surface area (Å²) in [7, 11) is 0. The molecule has 1 aromatic heterocycles. The molecule has 1 aliphatic heterocycles. The number of rotatable bonds is 3. The van der Waals surface area contributed by atoms with Crippen LogP contribution in [-0.4, -0.2) is 47.8 Å². The summed E-state index contributed by atoms with van der Waals surface area (Å²) in [6.07, 6.45) is 10.3. The molecule has 1 atom stereocenters. The SMILES string of the molecule is C1=CCC(CN2CCN(c3cccnn3)CC2)CC1. The second-order valence-corrected chi connectivity index (χ2v) is 5.52. The van der Waals surface area contributed by atoms with Gasteiger partial charge in [0, 0.05) is 38.9 Å². The highest BCUT2D eigenvalue weighted by atomic mass is 15.3. The quantitative estimate of drug-likeness (QED) is 0.776. The number of hydrogen-bond donors (Lipinski definition) is 0. The molecule has 1 unspecified atom stereocenters. The minimum Gasteiger partial charge on any atom is -0.353 e. The van der Waals surface area contributed by atoms with Crippen LogP contribution in [0.1, 0.15) is 19.3 Å². The molecule has 0 aromatic carbocycles. The normalized spacial score (nSPS) is 24.6. The summed E-state index contributed by atoms with van der Waals surface area (Å²) in [5, 5.41) is 8.15. The monoisotopic (exact) mass is 258 g/mol. The highest BCUT2D eigenvalue weighted by molar-refractivity contribution is 5.36. The van der Waals surface area contributed by atoms with Crippen LogP contribution in [0.15, 0.2) is 30.5 Å². The third-order valence-corrected chi connectivity index (χ3v) is 4.15. The van der Waals surface area contributed by atoms with E-state index in [0.29, 0.717) is 0 Å². The summed E-state index contributed by atoms with van der Waals surface area (Å²) >= 11 is 0. The Morgan fingerprint density at radius 3 is 2.74 bits per heavy atom. The lowest BCUT2D eigenvalue weighted by Gasteiger charge is -2.37. The first-order valence-corrected chi connectivity index (χ1v) is 7.32. The van der Waals surface area contributed by atoms with E-state index < -0.39 is 0 Å². The average Bonchev–Trinajstić information content (AvgIpc) is 2.50. The maximum Gasteiger partial charge on any atom is 0.151 e. The third kappa shape index (κ3) is 3.32. The van der Waals surface area contributed by atoms with Crippen LogP contribution >= 0.6 is 0 Å². The van der Waals surface area contributed by atoms with Gasteiger partial charge in [-0.1, -0.05) is 12.2 Å². The van der Waals surface area contributed by atoms with Crippen molar-refractivity contribution < 1.29 is 0 Å². The summed E-state index contributed by atoms with van der Waals surface area (Å²) in [6.45, 7) is 5.70. The van der Waals surface area contributed by atoms with E-state index in [2.05, 4.69) is 38.2 Å². The van der Waals surface area contributed by atoms with Crippen LogP contribution in [0.5, 0.6) is 0 Å². The smallest absolute Gasteiger partial charge is 0.151 e. The van der Waals surface area contributed by atoms with Crippen LogP contribution in [-0.2, 0) is 0 Å². The molecule has 3 rings (SSSR count). The molecule has 4 heteroatoms. The fourth-order valence-electron chi connectivity index (χ4n) is 3.01. The molecule has 1 aliphatic carbocycles. The Hall–Kier alpha value is -1.42. The van der Waals surface area contributed by atoms with Gasteiger partial charge >= 0.3 is 0 Å². The van der Waals surface area contributed by atoms with Crippen molar-refractivity contribution in [1.82, 2.24) is 15.1 Å². The minimum atomic E-state index is 0.869. The predicted octanol–water partition coefficient (Wildman–Crippen LogP) is 1.95. The molecule has 2 heterocycles. The lowest BCUT2D eigenvalue weighted by molar-refractivity contribution is 0.211. The highest BCUT2D eigenvalue weighted by Crippen LogP contribution is 2.20. The highest BCUT2D eigenvalue weighted by Gasteiger charge is 2.21. The van der Waals surface area contributed by atoms with Gasteiger partial charge in [0.1, 0.15) is 0 Å². The molecule has 0 amide bonds. The van der Waals surface area contributed by atoms with Crippen molar-refractivity contribution in [1.29, 1.82) is 0 Å². The molecule has 0 bridgehead atoms. The van der Waals surface area contributed by atoms with E-state index in [1.165, 1.54) is 25.8 Å². The molecule has 1 fully saturated rings. The van der Waals surface area contributed by atoms with Gasteiger partial charge in [-0.3, -0.25) is 4.90 Å². The Balaban J connectivity index is 1.48. The molecule has 0 saturated carbocycles. The standard InChI is InChI=1S/C15H22N4/c1-2-5-14(6-3-1)13-18-9-11-19(12-10-18)15-7-4-8-16-17-15/h1-2,4,7-8,14H,3,5-6,9-13H2. The van der Waals surface area contributed by atoms with Gasteiger partial charge in [-0.05, 0) is 37.3 Å². The van der Waals surface area contributed by atoms with Crippen LogP contribution < -0.4 is 4.90 Å². The Morgan fingerprint density at radius 2 is 2.05 bits per heavy atom. The second-order valence-electron chi connectivity index (χ2n) is 5.52. The minimum absolute atomic E-state index is 0.869. The Morgan fingerprint density at radius 1 is 1.16 bits per heavy atom. The number of piperazine rings is 1. The summed E-state index contributed by atoms with van der Waals surface area (Å²) in [6, 6.07) is 4.01. The number of hydrogen-bond acceptors (Lipinski definition) is 4. The molecule has 2 aliphatic rings. The molecule has 0 radical (unpaired) electrons. The first-order chi connectivity index (χ1) is 9.42. The zero-order valence-corrected chi connectivity index (χ0v) is 11.4. The topological polar surface area (TPSA) is 32.3 Å². The number of allylic oxidation sites excluding steroid dienone is 2. The Labute approximate surface area is 115 Å². The lowest BCUT2D eigenvalue weighted by atomic mass is 9.94. The van der Waals surface area contributed by atoms with E-state index >= 15 is 0 Å². The molecule has 0 N–H and O–H groups in total. The zero-order valence-electron chi connectivity index (χ0n) is 11.4. The van der Waals surface area contributed by atoms with Gasteiger partial charge in [-0.15, -0.1) is 5.10 Å². The van der Waals surface area contributed by atoms with E-state index in [0.717, 1.165) is 37.9 Å². The molecule has 0 spiro atoms. The van der Waals surface area contributed by atoms with E-state index in [4.69, 9.17) is 0 Å². The number of aromatic nitrogens is 2.